The minimum atomic E-state index is -0.653. The number of carbonyl (C=O) groups excluding carboxylic acids is 3. The molecule has 218 valence electrons. The summed E-state index contributed by atoms with van der Waals surface area (Å²) in [5, 5.41) is 10.7. The highest BCUT2D eigenvalue weighted by atomic mass is 16.6. The molecule has 0 spiro atoms. The molecule has 37 heavy (non-hydrogen) atoms. The summed E-state index contributed by atoms with van der Waals surface area (Å²) in [5.41, 5.74) is 0. The summed E-state index contributed by atoms with van der Waals surface area (Å²) in [7, 11) is 7.53. The predicted octanol–water partition coefficient (Wildman–Crippen LogP) is 5.33. The van der Waals surface area contributed by atoms with Crippen molar-refractivity contribution in [3.05, 3.63) is 0 Å². The van der Waals surface area contributed by atoms with Crippen molar-refractivity contribution in [2.75, 3.05) is 41.4 Å². The first-order chi connectivity index (χ1) is 17.6. The van der Waals surface area contributed by atoms with Crippen LogP contribution in [0.15, 0.2) is 0 Å². The zero-order valence-electron chi connectivity index (χ0n) is 24.4. The van der Waals surface area contributed by atoms with Crippen LogP contribution in [-0.2, 0) is 28.6 Å². The lowest BCUT2D eigenvalue weighted by Gasteiger charge is -2.23. The average molecular weight is 531 g/mol. The lowest BCUT2D eigenvalue weighted by atomic mass is 9.99. The van der Waals surface area contributed by atoms with E-state index in [1.807, 2.05) is 21.1 Å². The van der Waals surface area contributed by atoms with Gasteiger partial charge in [-0.15, -0.1) is 0 Å². The second-order valence-electron chi connectivity index (χ2n) is 11.1. The van der Waals surface area contributed by atoms with Gasteiger partial charge < -0.3 is 23.8 Å². The van der Waals surface area contributed by atoms with Gasteiger partial charge in [0.1, 0.15) is 19.3 Å². The second kappa shape index (κ2) is 22.3. The molecule has 0 rings (SSSR count). The number of ether oxygens (including phenoxy) is 3. The Labute approximate surface area is 226 Å². The van der Waals surface area contributed by atoms with E-state index < -0.39 is 12.2 Å². The smallest absolute Gasteiger partial charge is 0.306 e. The van der Waals surface area contributed by atoms with Crippen LogP contribution in [0.3, 0.4) is 0 Å². The van der Waals surface area contributed by atoms with Crippen LogP contribution >= 0.6 is 0 Å². The summed E-state index contributed by atoms with van der Waals surface area (Å²) < 4.78 is 16.3. The van der Waals surface area contributed by atoms with Crippen molar-refractivity contribution in [3.8, 4) is 0 Å². The predicted molar refractivity (Wildman–Crippen MR) is 146 cm³/mol. The standard InChI is InChI=1S/C29H56NO7/c1-6-7-14-19-26(37-29(34)22-17-21-28(33)36-24-23-30(2,3)4)25(31)18-15-12-10-8-9-11-13-16-20-27(32)35-5/h25-26,31H,6-24H2,1-5H3/q+1. The molecule has 0 aliphatic heterocycles. The molecule has 0 aliphatic rings. The summed E-state index contributed by atoms with van der Waals surface area (Å²) in [5.74, 6) is -0.780. The van der Waals surface area contributed by atoms with E-state index in [9.17, 15) is 19.5 Å². The Kier molecular flexibility index (Phi) is 21.3. The van der Waals surface area contributed by atoms with Gasteiger partial charge in [0, 0.05) is 19.3 Å². The SMILES string of the molecule is CCCCCC(OC(=O)CCCC(=O)OCC[N+](C)(C)C)C(O)CCCCCCCCCCC(=O)OC. The molecule has 8 nitrogen and oxygen atoms in total. The molecule has 8 heteroatoms. The Hall–Kier alpha value is -1.67. The number of unbranched alkanes of at least 4 members (excludes halogenated alkanes) is 9. The van der Waals surface area contributed by atoms with Crippen molar-refractivity contribution in [1.29, 1.82) is 0 Å². The Bertz CT molecular complexity index is 604. The number of quaternary nitrogens is 1. The van der Waals surface area contributed by atoms with Gasteiger partial charge in [0.15, 0.2) is 0 Å². The fourth-order valence-corrected chi connectivity index (χ4v) is 4.01. The van der Waals surface area contributed by atoms with Crippen LogP contribution in [0.4, 0.5) is 0 Å². The summed E-state index contributed by atoms with van der Waals surface area (Å²) in [6, 6.07) is 0. The normalized spacial score (nSPS) is 13.1. The van der Waals surface area contributed by atoms with Crippen molar-refractivity contribution in [2.24, 2.45) is 0 Å². The molecule has 0 aromatic rings. The summed E-state index contributed by atoms with van der Waals surface area (Å²) in [4.78, 5) is 35.3. The van der Waals surface area contributed by atoms with E-state index in [0.717, 1.165) is 81.7 Å². The molecule has 2 unspecified atom stereocenters. The van der Waals surface area contributed by atoms with E-state index in [2.05, 4.69) is 11.7 Å². The minimum Gasteiger partial charge on any atom is -0.469 e. The van der Waals surface area contributed by atoms with Crippen LogP contribution in [-0.4, -0.2) is 81.1 Å². The highest BCUT2D eigenvalue weighted by molar-refractivity contribution is 5.72. The molecule has 0 radical (unpaired) electrons. The Balaban J connectivity index is 4.14. The van der Waals surface area contributed by atoms with Crippen LogP contribution in [0.25, 0.3) is 0 Å². The van der Waals surface area contributed by atoms with Crippen molar-refractivity contribution in [3.63, 3.8) is 0 Å². The first-order valence-electron chi connectivity index (χ1n) is 14.5. The van der Waals surface area contributed by atoms with E-state index in [-0.39, 0.29) is 30.7 Å². The first-order valence-corrected chi connectivity index (χ1v) is 14.5. The molecular formula is C29H56NO7+. The zero-order chi connectivity index (χ0) is 27.9. The Morgan fingerprint density at radius 2 is 1.24 bits per heavy atom. The largest absolute Gasteiger partial charge is 0.469 e. The third kappa shape index (κ3) is 23.2. The van der Waals surface area contributed by atoms with Crippen LogP contribution in [0.1, 0.15) is 116 Å². The third-order valence-corrected chi connectivity index (χ3v) is 6.45. The summed E-state index contributed by atoms with van der Waals surface area (Å²) in [6.07, 6.45) is 12.9. The maximum atomic E-state index is 12.4. The van der Waals surface area contributed by atoms with Gasteiger partial charge in [-0.3, -0.25) is 14.4 Å². The fourth-order valence-electron chi connectivity index (χ4n) is 4.01. The Morgan fingerprint density at radius 1 is 0.703 bits per heavy atom. The number of hydrogen-bond donors (Lipinski definition) is 1. The molecule has 0 amide bonds. The van der Waals surface area contributed by atoms with E-state index in [1.54, 1.807) is 0 Å². The number of carbonyl (C=O) groups is 3. The van der Waals surface area contributed by atoms with Crippen LogP contribution in [0.5, 0.6) is 0 Å². The fraction of sp³-hybridized carbons (Fsp3) is 0.897. The van der Waals surface area contributed by atoms with E-state index in [4.69, 9.17) is 9.47 Å². The van der Waals surface area contributed by atoms with Gasteiger partial charge in [0.2, 0.25) is 0 Å². The van der Waals surface area contributed by atoms with Crippen LogP contribution < -0.4 is 0 Å². The maximum Gasteiger partial charge on any atom is 0.306 e. The maximum absolute atomic E-state index is 12.4. The minimum absolute atomic E-state index is 0.136. The molecular weight excluding hydrogens is 474 g/mol. The van der Waals surface area contributed by atoms with Crippen LogP contribution in [0, 0.1) is 0 Å². The monoisotopic (exact) mass is 530 g/mol. The van der Waals surface area contributed by atoms with Gasteiger partial charge >= 0.3 is 17.9 Å². The van der Waals surface area contributed by atoms with Crippen LogP contribution in [0.2, 0.25) is 0 Å². The number of esters is 3. The molecule has 0 fully saturated rings. The topological polar surface area (TPSA) is 99.1 Å². The number of nitrogens with zero attached hydrogens (tertiary/aromatic N) is 1. The lowest BCUT2D eigenvalue weighted by Crippen LogP contribution is -2.38. The van der Waals surface area contributed by atoms with Crippen molar-refractivity contribution >= 4 is 17.9 Å². The number of aliphatic hydroxyl groups excluding tert-OH is 1. The lowest BCUT2D eigenvalue weighted by molar-refractivity contribution is -0.870. The summed E-state index contributed by atoms with van der Waals surface area (Å²) in [6.45, 7) is 3.23. The molecule has 1 N–H and O–H groups in total. The first kappa shape index (κ1) is 35.3. The second-order valence-corrected chi connectivity index (χ2v) is 11.1. The number of rotatable bonds is 24. The molecule has 0 heterocycles. The third-order valence-electron chi connectivity index (χ3n) is 6.45. The molecule has 0 aliphatic carbocycles. The van der Waals surface area contributed by atoms with Crippen molar-refractivity contribution in [2.45, 2.75) is 128 Å². The molecule has 0 aromatic carbocycles. The van der Waals surface area contributed by atoms with Gasteiger partial charge in [0.25, 0.3) is 0 Å². The molecule has 0 saturated heterocycles. The van der Waals surface area contributed by atoms with E-state index in [1.165, 1.54) is 7.11 Å². The quantitative estimate of drug-likeness (QED) is 0.0779. The van der Waals surface area contributed by atoms with Crippen molar-refractivity contribution < 1.29 is 38.2 Å². The van der Waals surface area contributed by atoms with E-state index >= 15 is 0 Å². The molecule has 2 atom stereocenters. The van der Waals surface area contributed by atoms with Gasteiger partial charge in [-0.2, -0.15) is 0 Å². The molecule has 0 bridgehead atoms. The van der Waals surface area contributed by atoms with Gasteiger partial charge in [-0.25, -0.2) is 0 Å². The molecule has 0 saturated carbocycles. The zero-order valence-corrected chi connectivity index (χ0v) is 24.4. The highest BCUT2D eigenvalue weighted by Gasteiger charge is 2.23. The number of aliphatic hydroxyl groups is 1. The average Bonchev–Trinajstić information content (AvgIpc) is 2.83. The van der Waals surface area contributed by atoms with Crippen molar-refractivity contribution in [1.82, 2.24) is 0 Å². The Morgan fingerprint density at radius 3 is 1.84 bits per heavy atom. The number of likely N-dealkylation sites (N-methyl/N-ethyl adjacent to an activating group) is 1. The number of methoxy groups -OCH3 is 1. The number of hydrogen-bond acceptors (Lipinski definition) is 7. The highest BCUT2D eigenvalue weighted by Crippen LogP contribution is 2.18. The van der Waals surface area contributed by atoms with Gasteiger partial charge in [-0.05, 0) is 32.1 Å². The van der Waals surface area contributed by atoms with Gasteiger partial charge in [-0.1, -0.05) is 64.7 Å². The molecule has 0 aromatic heterocycles. The van der Waals surface area contributed by atoms with Gasteiger partial charge in [0.05, 0.1) is 34.4 Å². The summed E-state index contributed by atoms with van der Waals surface area (Å²) >= 11 is 0. The van der Waals surface area contributed by atoms with E-state index in [0.29, 0.717) is 32.3 Å².